The molecule has 27 heavy (non-hydrogen) atoms. The summed E-state index contributed by atoms with van der Waals surface area (Å²) >= 11 is 5.25. The minimum Gasteiger partial charge on any atom is -0.493 e. The van der Waals surface area contributed by atoms with Gasteiger partial charge in [-0.25, -0.2) is 0 Å². The summed E-state index contributed by atoms with van der Waals surface area (Å²) in [6, 6.07) is 17.4. The molecule has 0 atom stereocenters. The second-order valence-electron chi connectivity index (χ2n) is 6.40. The summed E-state index contributed by atoms with van der Waals surface area (Å²) in [7, 11) is 0. The van der Waals surface area contributed by atoms with E-state index in [2.05, 4.69) is 22.5 Å². The number of aromatic nitrogens is 1. The van der Waals surface area contributed by atoms with Crippen molar-refractivity contribution in [2.45, 2.75) is 39.2 Å². The fraction of sp³-hybridized carbons (Fsp3) is 0.286. The van der Waals surface area contributed by atoms with Crippen molar-refractivity contribution in [3.05, 3.63) is 54.6 Å². The van der Waals surface area contributed by atoms with Gasteiger partial charge in [0.25, 0.3) is 0 Å². The molecule has 0 bridgehead atoms. The molecule has 1 aromatic heterocycles. The van der Waals surface area contributed by atoms with E-state index in [0.29, 0.717) is 5.69 Å². The number of azo groups is 1. The molecular formula is C21H24N4OS. The highest BCUT2D eigenvalue weighted by atomic mass is 32.1. The van der Waals surface area contributed by atoms with Gasteiger partial charge in [-0.3, -0.25) is 0 Å². The first-order chi connectivity index (χ1) is 13.2. The highest BCUT2D eigenvalue weighted by Crippen LogP contribution is 2.39. The van der Waals surface area contributed by atoms with Gasteiger partial charge in [0.2, 0.25) is 11.0 Å². The minimum absolute atomic E-state index is 0.138. The number of hydrogen-bond donors (Lipinski definition) is 2. The van der Waals surface area contributed by atoms with Gasteiger partial charge in [-0.15, -0.1) is 10.2 Å². The van der Waals surface area contributed by atoms with Crippen LogP contribution in [0.5, 0.6) is 5.88 Å². The maximum Gasteiger partial charge on any atom is 0.220 e. The minimum atomic E-state index is 0.138. The summed E-state index contributed by atoms with van der Waals surface area (Å²) < 4.78 is 1.91. The molecule has 6 heteroatoms. The summed E-state index contributed by atoms with van der Waals surface area (Å²) in [5, 5.41) is 23.2. The van der Waals surface area contributed by atoms with Crippen molar-refractivity contribution in [1.82, 2.24) is 4.57 Å². The zero-order valence-electron chi connectivity index (χ0n) is 15.4. The lowest BCUT2D eigenvalue weighted by molar-refractivity contribution is 0.416. The van der Waals surface area contributed by atoms with Crippen LogP contribution in [0, 0.1) is 0 Å². The molecule has 0 aliphatic heterocycles. The average molecular weight is 381 g/mol. The fourth-order valence-corrected chi connectivity index (χ4v) is 3.22. The standard InChI is InChI=1S/C21H24N4OS/c1-2-3-4-10-15-25-18-14-9-8-13-17(18)19(20(25)26)23-24-21(27)22-16-11-6-5-7-12-16/h5-9,11-14,26H,2-4,10,15H2,1H3,(H,22,27). The number of nitrogens with one attached hydrogen (secondary N) is 1. The molecule has 0 unspecified atom stereocenters. The second kappa shape index (κ2) is 9.28. The van der Waals surface area contributed by atoms with Crippen LogP contribution in [0.2, 0.25) is 0 Å². The van der Waals surface area contributed by atoms with Gasteiger partial charge >= 0.3 is 0 Å². The molecule has 3 rings (SSSR count). The molecule has 140 valence electrons. The number of hydrogen-bond acceptors (Lipinski definition) is 3. The maximum atomic E-state index is 10.7. The molecule has 0 saturated carbocycles. The summed E-state index contributed by atoms with van der Waals surface area (Å²) in [5.41, 5.74) is 2.27. The highest BCUT2D eigenvalue weighted by Gasteiger charge is 2.16. The van der Waals surface area contributed by atoms with Crippen molar-refractivity contribution in [1.29, 1.82) is 0 Å². The van der Waals surface area contributed by atoms with E-state index in [4.69, 9.17) is 12.2 Å². The Morgan fingerprint density at radius 3 is 2.56 bits per heavy atom. The van der Waals surface area contributed by atoms with Gasteiger partial charge in [0, 0.05) is 17.6 Å². The maximum absolute atomic E-state index is 10.7. The third-order valence-electron chi connectivity index (χ3n) is 4.42. The van der Waals surface area contributed by atoms with Gasteiger partial charge < -0.3 is 15.0 Å². The van der Waals surface area contributed by atoms with Gasteiger partial charge in [-0.05, 0) is 36.8 Å². The molecule has 0 fully saturated rings. The van der Waals surface area contributed by atoms with Gasteiger partial charge in [0.1, 0.15) is 0 Å². The van der Waals surface area contributed by atoms with E-state index in [9.17, 15) is 5.11 Å². The van der Waals surface area contributed by atoms with E-state index in [0.717, 1.165) is 36.0 Å². The third-order valence-corrected chi connectivity index (χ3v) is 4.60. The average Bonchev–Trinajstić information content (AvgIpc) is 2.95. The topological polar surface area (TPSA) is 61.9 Å². The predicted molar refractivity (Wildman–Crippen MR) is 115 cm³/mol. The third kappa shape index (κ3) is 4.71. The van der Waals surface area contributed by atoms with Crippen LogP contribution in [0.15, 0.2) is 64.8 Å². The molecule has 0 amide bonds. The van der Waals surface area contributed by atoms with E-state index >= 15 is 0 Å². The molecule has 5 nitrogen and oxygen atoms in total. The zero-order chi connectivity index (χ0) is 19.1. The highest BCUT2D eigenvalue weighted by molar-refractivity contribution is 7.80. The predicted octanol–water partition coefficient (Wildman–Crippen LogP) is 6.41. The molecule has 2 N–H and O–H groups in total. The van der Waals surface area contributed by atoms with Crippen LogP contribution in [0.4, 0.5) is 11.4 Å². The monoisotopic (exact) mass is 380 g/mol. The Morgan fingerprint density at radius 1 is 1.04 bits per heavy atom. The molecular weight excluding hydrogens is 356 g/mol. The fourth-order valence-electron chi connectivity index (χ4n) is 3.06. The molecule has 0 radical (unpaired) electrons. The number of para-hydroxylation sites is 2. The van der Waals surface area contributed by atoms with Crippen LogP contribution in [-0.4, -0.2) is 14.8 Å². The lowest BCUT2D eigenvalue weighted by Crippen LogP contribution is -2.04. The van der Waals surface area contributed by atoms with Crippen LogP contribution in [-0.2, 0) is 6.54 Å². The number of unbranched alkanes of at least 4 members (excludes halogenated alkanes) is 3. The summed E-state index contributed by atoms with van der Waals surface area (Å²) in [5.74, 6) is 0.138. The first kappa shape index (κ1) is 19.0. The van der Waals surface area contributed by atoms with E-state index in [1.54, 1.807) is 0 Å². The van der Waals surface area contributed by atoms with Gasteiger partial charge in [0.05, 0.1) is 5.52 Å². The molecule has 0 aliphatic carbocycles. The van der Waals surface area contributed by atoms with Crippen molar-refractivity contribution in [3.8, 4) is 5.88 Å². The molecule has 0 aliphatic rings. The van der Waals surface area contributed by atoms with Crippen LogP contribution in [0.3, 0.4) is 0 Å². The number of benzene rings is 2. The van der Waals surface area contributed by atoms with Crippen LogP contribution in [0.1, 0.15) is 32.6 Å². The largest absolute Gasteiger partial charge is 0.493 e. The number of thiocarbonyl (C=S) groups is 1. The number of nitrogens with zero attached hydrogens (tertiary/aromatic N) is 3. The van der Waals surface area contributed by atoms with Crippen LogP contribution < -0.4 is 5.32 Å². The Morgan fingerprint density at radius 2 is 1.78 bits per heavy atom. The van der Waals surface area contributed by atoms with Crippen LogP contribution in [0.25, 0.3) is 10.9 Å². The summed E-state index contributed by atoms with van der Waals surface area (Å²) in [4.78, 5) is 0. The zero-order valence-corrected chi connectivity index (χ0v) is 16.2. The lowest BCUT2D eigenvalue weighted by Gasteiger charge is -2.06. The first-order valence-electron chi connectivity index (χ1n) is 9.28. The molecule has 3 aromatic rings. The van der Waals surface area contributed by atoms with Crippen molar-refractivity contribution in [2.75, 3.05) is 5.32 Å². The molecule has 0 spiro atoms. The Kier molecular flexibility index (Phi) is 6.54. The van der Waals surface area contributed by atoms with Crippen molar-refractivity contribution >= 4 is 39.6 Å². The van der Waals surface area contributed by atoms with Gasteiger partial charge in [-0.2, -0.15) is 0 Å². The van der Waals surface area contributed by atoms with Gasteiger partial charge in [0.15, 0.2) is 5.69 Å². The number of fused-ring (bicyclic) bond motifs is 1. The first-order valence-corrected chi connectivity index (χ1v) is 9.69. The Labute approximate surface area is 164 Å². The SMILES string of the molecule is CCCCCCn1c(O)c(N=NC(=S)Nc2ccccc2)c2ccccc21. The summed E-state index contributed by atoms with van der Waals surface area (Å²) in [6.45, 7) is 2.95. The number of aromatic hydroxyl groups is 1. The van der Waals surface area contributed by atoms with E-state index < -0.39 is 0 Å². The lowest BCUT2D eigenvalue weighted by atomic mass is 10.2. The quantitative estimate of drug-likeness (QED) is 0.283. The Hall–Kier alpha value is -2.73. The van der Waals surface area contributed by atoms with Crippen molar-refractivity contribution in [3.63, 3.8) is 0 Å². The normalized spacial score (nSPS) is 11.3. The number of rotatable bonds is 7. The van der Waals surface area contributed by atoms with E-state index in [-0.39, 0.29) is 11.0 Å². The Bertz CT molecular complexity index is 934. The van der Waals surface area contributed by atoms with E-state index in [1.165, 1.54) is 12.8 Å². The van der Waals surface area contributed by atoms with E-state index in [1.807, 2.05) is 59.2 Å². The molecule has 2 aromatic carbocycles. The second-order valence-corrected chi connectivity index (χ2v) is 6.78. The number of aryl methyl sites for hydroxylation is 1. The summed E-state index contributed by atoms with van der Waals surface area (Å²) in [6.07, 6.45) is 4.55. The van der Waals surface area contributed by atoms with Crippen molar-refractivity contribution < 1.29 is 5.11 Å². The smallest absolute Gasteiger partial charge is 0.220 e. The van der Waals surface area contributed by atoms with Gasteiger partial charge in [-0.1, -0.05) is 62.6 Å². The molecule has 1 heterocycles. The Balaban J connectivity index is 1.81. The van der Waals surface area contributed by atoms with Crippen LogP contribution >= 0.6 is 12.2 Å². The van der Waals surface area contributed by atoms with Crippen molar-refractivity contribution in [2.24, 2.45) is 10.2 Å². The number of anilines is 1. The molecule has 0 saturated heterocycles.